The van der Waals surface area contributed by atoms with Gasteiger partial charge in [-0.15, -0.1) is 0 Å². The van der Waals surface area contributed by atoms with Crippen LogP contribution in [0.15, 0.2) is 42.7 Å². The molecule has 0 N–H and O–H groups in total. The Labute approximate surface area is 139 Å². The van der Waals surface area contributed by atoms with Crippen LogP contribution in [0.25, 0.3) is 0 Å². The number of pyridine rings is 1. The molecule has 1 aromatic carbocycles. The molecule has 0 atom stereocenters. The molecule has 0 aliphatic heterocycles. The molecule has 0 saturated carbocycles. The summed E-state index contributed by atoms with van der Waals surface area (Å²) in [5.74, 6) is 0.0672. The number of halogens is 1. The number of nitrogens with zero attached hydrogens (tertiary/aromatic N) is 2. The lowest BCUT2D eigenvalue weighted by molar-refractivity contribution is 0.591. The molecule has 0 amide bonds. The maximum absolute atomic E-state index is 12.4. The largest absolute Gasteiger partial charge is 0.266 e. The van der Waals surface area contributed by atoms with Crippen molar-refractivity contribution in [1.82, 2.24) is 4.98 Å². The SMILES string of the molecule is CCS(=O)(=O)N(Cc1cccnc1)c1ccc(C)c(I)c1. The first kappa shape index (κ1) is 16.2. The van der Waals surface area contributed by atoms with Gasteiger partial charge in [0.25, 0.3) is 0 Å². The highest BCUT2D eigenvalue weighted by atomic mass is 127. The van der Waals surface area contributed by atoms with Crippen LogP contribution in [0.2, 0.25) is 0 Å². The monoisotopic (exact) mass is 416 g/mol. The van der Waals surface area contributed by atoms with E-state index in [1.54, 1.807) is 19.3 Å². The standard InChI is InChI=1S/C15H17IN2O2S/c1-3-21(19,20)18(11-13-5-4-8-17-10-13)14-7-6-12(2)15(16)9-14/h4-10H,3,11H2,1-2H3. The van der Waals surface area contributed by atoms with Crippen LogP contribution in [-0.2, 0) is 16.6 Å². The lowest BCUT2D eigenvalue weighted by Gasteiger charge is -2.24. The second-order valence-corrected chi connectivity index (χ2v) is 8.05. The minimum atomic E-state index is -3.34. The Bertz CT molecular complexity index is 718. The Morgan fingerprint density at radius 3 is 2.62 bits per heavy atom. The second kappa shape index (κ2) is 6.74. The van der Waals surface area contributed by atoms with Gasteiger partial charge in [-0.3, -0.25) is 9.29 Å². The van der Waals surface area contributed by atoms with Gasteiger partial charge in [-0.05, 0) is 65.8 Å². The van der Waals surface area contributed by atoms with Gasteiger partial charge in [0, 0.05) is 16.0 Å². The maximum Gasteiger partial charge on any atom is 0.235 e. The molecular formula is C15H17IN2O2S. The molecule has 2 rings (SSSR count). The summed E-state index contributed by atoms with van der Waals surface area (Å²) in [6, 6.07) is 9.38. The summed E-state index contributed by atoms with van der Waals surface area (Å²) < 4.78 is 27.3. The zero-order chi connectivity index (χ0) is 15.5. The molecular weight excluding hydrogens is 399 g/mol. The first-order chi connectivity index (χ1) is 9.94. The third-order valence-corrected chi connectivity index (χ3v) is 6.10. The highest BCUT2D eigenvalue weighted by Gasteiger charge is 2.21. The van der Waals surface area contributed by atoms with Crippen LogP contribution in [0.4, 0.5) is 5.69 Å². The number of aryl methyl sites for hydroxylation is 1. The van der Waals surface area contributed by atoms with Crippen molar-refractivity contribution < 1.29 is 8.42 Å². The molecule has 0 spiro atoms. The summed E-state index contributed by atoms with van der Waals surface area (Å²) in [4.78, 5) is 4.05. The number of hydrogen-bond acceptors (Lipinski definition) is 3. The van der Waals surface area contributed by atoms with Crippen molar-refractivity contribution in [2.75, 3.05) is 10.1 Å². The highest BCUT2D eigenvalue weighted by Crippen LogP contribution is 2.25. The summed E-state index contributed by atoms with van der Waals surface area (Å²) in [5.41, 5.74) is 2.69. The Morgan fingerprint density at radius 2 is 2.05 bits per heavy atom. The highest BCUT2D eigenvalue weighted by molar-refractivity contribution is 14.1. The van der Waals surface area contributed by atoms with Crippen molar-refractivity contribution in [2.45, 2.75) is 20.4 Å². The van der Waals surface area contributed by atoms with Crippen molar-refractivity contribution in [2.24, 2.45) is 0 Å². The Morgan fingerprint density at radius 1 is 1.29 bits per heavy atom. The second-order valence-electron chi connectivity index (χ2n) is 4.70. The van der Waals surface area contributed by atoms with E-state index in [0.29, 0.717) is 12.2 Å². The molecule has 0 radical (unpaired) electrons. The Balaban J connectivity index is 2.44. The smallest absolute Gasteiger partial charge is 0.235 e. The van der Waals surface area contributed by atoms with Crippen LogP contribution in [0.3, 0.4) is 0 Å². The molecule has 112 valence electrons. The van der Waals surface area contributed by atoms with Gasteiger partial charge in [0.05, 0.1) is 18.0 Å². The van der Waals surface area contributed by atoms with Crippen molar-refractivity contribution >= 4 is 38.3 Å². The molecule has 0 bridgehead atoms. The van der Waals surface area contributed by atoms with Gasteiger partial charge in [-0.2, -0.15) is 0 Å². The quantitative estimate of drug-likeness (QED) is 0.703. The number of sulfonamides is 1. The predicted octanol–water partition coefficient (Wildman–Crippen LogP) is 3.35. The lowest BCUT2D eigenvalue weighted by atomic mass is 10.2. The Hall–Kier alpha value is -1.15. The van der Waals surface area contributed by atoms with Crippen molar-refractivity contribution in [3.05, 3.63) is 57.4 Å². The lowest BCUT2D eigenvalue weighted by Crippen LogP contribution is -2.32. The van der Waals surface area contributed by atoms with E-state index in [1.807, 2.05) is 37.3 Å². The summed E-state index contributed by atoms with van der Waals surface area (Å²) in [7, 11) is -3.34. The first-order valence-electron chi connectivity index (χ1n) is 6.59. The molecule has 0 unspecified atom stereocenters. The number of aromatic nitrogens is 1. The van der Waals surface area contributed by atoms with E-state index in [-0.39, 0.29) is 5.75 Å². The van der Waals surface area contributed by atoms with Crippen LogP contribution in [0.5, 0.6) is 0 Å². The van der Waals surface area contributed by atoms with Crippen LogP contribution in [0.1, 0.15) is 18.1 Å². The van der Waals surface area contributed by atoms with Crippen molar-refractivity contribution in [3.8, 4) is 0 Å². The zero-order valence-electron chi connectivity index (χ0n) is 12.0. The molecule has 6 heteroatoms. The van der Waals surface area contributed by atoms with Gasteiger partial charge in [-0.25, -0.2) is 8.42 Å². The number of anilines is 1. The maximum atomic E-state index is 12.4. The number of hydrogen-bond donors (Lipinski definition) is 0. The molecule has 1 heterocycles. The van der Waals surface area contributed by atoms with Crippen molar-refractivity contribution in [3.63, 3.8) is 0 Å². The topological polar surface area (TPSA) is 50.3 Å². The summed E-state index contributed by atoms with van der Waals surface area (Å²) in [6.07, 6.45) is 3.37. The molecule has 0 aliphatic carbocycles. The number of benzene rings is 1. The van der Waals surface area contributed by atoms with Gasteiger partial charge >= 0.3 is 0 Å². The minimum Gasteiger partial charge on any atom is -0.266 e. The molecule has 1 aromatic heterocycles. The van der Waals surface area contributed by atoms with E-state index >= 15 is 0 Å². The summed E-state index contributed by atoms with van der Waals surface area (Å²) in [5, 5.41) is 0. The molecule has 4 nitrogen and oxygen atoms in total. The van der Waals surface area contributed by atoms with E-state index in [0.717, 1.165) is 14.7 Å². The van der Waals surface area contributed by atoms with Crippen molar-refractivity contribution in [1.29, 1.82) is 0 Å². The first-order valence-corrected chi connectivity index (χ1v) is 9.28. The number of rotatable bonds is 5. The van der Waals surface area contributed by atoms with Crippen LogP contribution < -0.4 is 4.31 Å². The van der Waals surface area contributed by atoms with Gasteiger partial charge < -0.3 is 0 Å². The fourth-order valence-electron chi connectivity index (χ4n) is 1.90. The van der Waals surface area contributed by atoms with Gasteiger partial charge in [0.1, 0.15) is 0 Å². The molecule has 2 aromatic rings. The fourth-order valence-corrected chi connectivity index (χ4v) is 3.49. The predicted molar refractivity (Wildman–Crippen MR) is 93.8 cm³/mol. The summed E-state index contributed by atoms with van der Waals surface area (Å²) in [6.45, 7) is 3.96. The van der Waals surface area contributed by atoms with E-state index in [9.17, 15) is 8.42 Å². The zero-order valence-corrected chi connectivity index (χ0v) is 14.9. The van der Waals surface area contributed by atoms with E-state index in [1.165, 1.54) is 4.31 Å². The van der Waals surface area contributed by atoms with Crippen LogP contribution >= 0.6 is 22.6 Å². The normalized spacial score (nSPS) is 11.4. The molecule has 0 aliphatic rings. The van der Waals surface area contributed by atoms with Crippen LogP contribution in [0, 0.1) is 10.5 Å². The summed E-state index contributed by atoms with van der Waals surface area (Å²) >= 11 is 2.22. The van der Waals surface area contributed by atoms with E-state index in [4.69, 9.17) is 0 Å². The van der Waals surface area contributed by atoms with E-state index in [2.05, 4.69) is 27.6 Å². The van der Waals surface area contributed by atoms with E-state index < -0.39 is 10.0 Å². The molecule has 0 saturated heterocycles. The fraction of sp³-hybridized carbons (Fsp3) is 0.267. The van der Waals surface area contributed by atoms with Gasteiger partial charge in [0.15, 0.2) is 0 Å². The third-order valence-electron chi connectivity index (χ3n) is 3.19. The third kappa shape index (κ3) is 3.94. The average Bonchev–Trinajstić information content (AvgIpc) is 2.49. The van der Waals surface area contributed by atoms with Gasteiger partial charge in [0.2, 0.25) is 10.0 Å². The molecule has 0 fully saturated rings. The Kier molecular flexibility index (Phi) is 5.21. The van der Waals surface area contributed by atoms with Gasteiger partial charge in [-0.1, -0.05) is 12.1 Å². The minimum absolute atomic E-state index is 0.0672. The average molecular weight is 416 g/mol. The van der Waals surface area contributed by atoms with Crippen LogP contribution in [-0.4, -0.2) is 19.2 Å². The molecule has 21 heavy (non-hydrogen) atoms.